The van der Waals surface area contributed by atoms with Gasteiger partial charge in [0.1, 0.15) is 0 Å². The molecule has 1 N–H and O–H groups in total. The number of aryl methyl sites for hydroxylation is 2. The average molecular weight is 282 g/mol. The van der Waals surface area contributed by atoms with E-state index in [1.54, 1.807) is 0 Å². The third kappa shape index (κ3) is 2.31. The maximum absolute atomic E-state index is 6.51. The molecule has 2 saturated carbocycles. The van der Waals surface area contributed by atoms with Gasteiger partial charge in [-0.05, 0) is 56.4 Å². The van der Waals surface area contributed by atoms with Gasteiger partial charge in [-0.2, -0.15) is 5.10 Å². The predicted octanol–water partition coefficient (Wildman–Crippen LogP) is 2.81. The molecule has 19 heavy (non-hydrogen) atoms. The summed E-state index contributed by atoms with van der Waals surface area (Å²) in [6.45, 7) is 3.22. The zero-order chi connectivity index (χ0) is 13.6. The second-order valence-corrected chi connectivity index (χ2v) is 6.93. The van der Waals surface area contributed by atoms with Gasteiger partial charge in [-0.3, -0.25) is 4.68 Å². The topological polar surface area (TPSA) is 29.9 Å². The van der Waals surface area contributed by atoms with Gasteiger partial charge in [-0.1, -0.05) is 18.5 Å². The van der Waals surface area contributed by atoms with Gasteiger partial charge in [0, 0.05) is 13.6 Å². The van der Waals surface area contributed by atoms with Crippen LogP contribution in [0.1, 0.15) is 37.6 Å². The van der Waals surface area contributed by atoms with Gasteiger partial charge in [0.25, 0.3) is 0 Å². The van der Waals surface area contributed by atoms with E-state index in [4.69, 9.17) is 11.6 Å². The highest BCUT2D eigenvalue weighted by atomic mass is 35.5. The normalized spacial score (nSPS) is 32.6. The van der Waals surface area contributed by atoms with Crippen LogP contribution in [0.15, 0.2) is 0 Å². The molecule has 1 aromatic rings. The van der Waals surface area contributed by atoms with E-state index in [-0.39, 0.29) is 0 Å². The zero-order valence-corrected chi connectivity index (χ0v) is 12.9. The van der Waals surface area contributed by atoms with E-state index in [0.717, 1.165) is 41.9 Å². The molecule has 3 nitrogen and oxygen atoms in total. The Morgan fingerprint density at radius 1 is 1.42 bits per heavy atom. The number of aromatic nitrogens is 2. The Morgan fingerprint density at radius 2 is 2.11 bits per heavy atom. The maximum Gasteiger partial charge on any atom is 0.0849 e. The average Bonchev–Trinajstić information content (AvgIpc) is 2.91. The Morgan fingerprint density at radius 3 is 2.63 bits per heavy atom. The molecule has 2 fully saturated rings. The smallest absolute Gasteiger partial charge is 0.0849 e. The van der Waals surface area contributed by atoms with Gasteiger partial charge in [-0.25, -0.2) is 0 Å². The molecule has 1 heterocycles. The maximum atomic E-state index is 6.51. The Balaban J connectivity index is 1.84. The summed E-state index contributed by atoms with van der Waals surface area (Å²) in [6, 6.07) is 0. The van der Waals surface area contributed by atoms with Crippen molar-refractivity contribution in [1.82, 2.24) is 15.1 Å². The molecular formula is C15H24ClN3. The van der Waals surface area contributed by atoms with E-state index in [0.29, 0.717) is 5.41 Å². The summed E-state index contributed by atoms with van der Waals surface area (Å²) in [7, 11) is 4.09. The molecule has 0 aromatic carbocycles. The lowest BCUT2D eigenvalue weighted by Crippen LogP contribution is -2.34. The van der Waals surface area contributed by atoms with Crippen molar-refractivity contribution in [2.45, 2.75) is 39.0 Å². The van der Waals surface area contributed by atoms with Crippen LogP contribution < -0.4 is 5.32 Å². The van der Waals surface area contributed by atoms with Crippen molar-refractivity contribution < 1.29 is 0 Å². The van der Waals surface area contributed by atoms with Crippen molar-refractivity contribution in [2.75, 3.05) is 13.6 Å². The lowest BCUT2D eigenvalue weighted by atomic mass is 9.78. The molecule has 2 unspecified atom stereocenters. The number of fused-ring (bicyclic) bond motifs is 1. The van der Waals surface area contributed by atoms with Crippen LogP contribution in [0.2, 0.25) is 5.02 Å². The minimum Gasteiger partial charge on any atom is -0.319 e. The molecular weight excluding hydrogens is 258 g/mol. The van der Waals surface area contributed by atoms with Crippen molar-refractivity contribution in [3.8, 4) is 0 Å². The van der Waals surface area contributed by atoms with Crippen LogP contribution in [0.5, 0.6) is 0 Å². The van der Waals surface area contributed by atoms with E-state index >= 15 is 0 Å². The summed E-state index contributed by atoms with van der Waals surface area (Å²) in [5.74, 6) is 1.98. The molecule has 4 heteroatoms. The van der Waals surface area contributed by atoms with Gasteiger partial charge in [0.2, 0.25) is 0 Å². The molecule has 2 aliphatic rings. The molecule has 106 valence electrons. The van der Waals surface area contributed by atoms with Crippen LogP contribution in [0.3, 0.4) is 0 Å². The highest BCUT2D eigenvalue weighted by molar-refractivity contribution is 6.31. The minimum absolute atomic E-state index is 0.408. The minimum atomic E-state index is 0.408. The van der Waals surface area contributed by atoms with Crippen LogP contribution in [0, 0.1) is 17.3 Å². The first kappa shape index (κ1) is 13.4. The summed E-state index contributed by atoms with van der Waals surface area (Å²) >= 11 is 6.51. The zero-order valence-electron chi connectivity index (χ0n) is 12.2. The Hall–Kier alpha value is -0.540. The van der Waals surface area contributed by atoms with Crippen molar-refractivity contribution in [3.05, 3.63) is 16.4 Å². The first-order chi connectivity index (χ1) is 9.08. The van der Waals surface area contributed by atoms with Gasteiger partial charge in [-0.15, -0.1) is 0 Å². The van der Waals surface area contributed by atoms with Crippen LogP contribution in [0.4, 0.5) is 0 Å². The Labute approximate surface area is 120 Å². The fourth-order valence-corrected chi connectivity index (χ4v) is 4.46. The number of hydrogen-bond donors (Lipinski definition) is 1. The van der Waals surface area contributed by atoms with Crippen molar-refractivity contribution in [3.63, 3.8) is 0 Å². The summed E-state index contributed by atoms with van der Waals surface area (Å²) in [5.41, 5.74) is 2.68. The predicted molar refractivity (Wildman–Crippen MR) is 78.5 cm³/mol. The van der Waals surface area contributed by atoms with E-state index in [1.165, 1.54) is 25.0 Å². The van der Waals surface area contributed by atoms with E-state index in [9.17, 15) is 0 Å². The fraction of sp³-hybridized carbons (Fsp3) is 0.800. The monoisotopic (exact) mass is 281 g/mol. The number of rotatable bonds is 5. The second kappa shape index (κ2) is 4.78. The van der Waals surface area contributed by atoms with Crippen molar-refractivity contribution in [1.29, 1.82) is 0 Å². The molecule has 0 amide bonds. The lowest BCUT2D eigenvalue weighted by Gasteiger charge is -2.31. The second-order valence-electron chi connectivity index (χ2n) is 6.56. The number of nitrogens with zero attached hydrogens (tertiary/aromatic N) is 2. The molecule has 0 spiro atoms. The van der Waals surface area contributed by atoms with Gasteiger partial charge < -0.3 is 5.32 Å². The van der Waals surface area contributed by atoms with Crippen molar-refractivity contribution in [2.24, 2.45) is 24.3 Å². The largest absolute Gasteiger partial charge is 0.319 e. The van der Waals surface area contributed by atoms with Gasteiger partial charge >= 0.3 is 0 Å². The SMILES string of the molecule is CCc1nn(C)c(CC2(CNC)CC3CC3C2)c1Cl. The highest BCUT2D eigenvalue weighted by Gasteiger charge is 2.53. The van der Waals surface area contributed by atoms with Gasteiger partial charge in [0.05, 0.1) is 16.4 Å². The molecule has 0 radical (unpaired) electrons. The third-order valence-corrected chi connectivity index (χ3v) is 5.49. The summed E-state index contributed by atoms with van der Waals surface area (Å²) in [5, 5.41) is 8.86. The molecule has 0 bridgehead atoms. The summed E-state index contributed by atoms with van der Waals surface area (Å²) < 4.78 is 2.00. The Kier molecular flexibility index (Phi) is 3.38. The van der Waals surface area contributed by atoms with E-state index < -0.39 is 0 Å². The molecule has 2 aliphatic carbocycles. The van der Waals surface area contributed by atoms with Crippen LogP contribution in [0.25, 0.3) is 0 Å². The first-order valence-electron chi connectivity index (χ1n) is 7.43. The quantitative estimate of drug-likeness (QED) is 0.899. The highest BCUT2D eigenvalue weighted by Crippen LogP contribution is 2.60. The molecule has 0 saturated heterocycles. The number of halogens is 1. The Bertz CT molecular complexity index is 470. The molecule has 2 atom stereocenters. The first-order valence-corrected chi connectivity index (χ1v) is 7.81. The summed E-state index contributed by atoms with van der Waals surface area (Å²) in [6.07, 6.45) is 6.17. The van der Waals surface area contributed by atoms with Crippen LogP contribution in [-0.2, 0) is 19.9 Å². The van der Waals surface area contributed by atoms with Crippen molar-refractivity contribution >= 4 is 11.6 Å². The summed E-state index contributed by atoms with van der Waals surface area (Å²) in [4.78, 5) is 0. The third-order valence-electron chi connectivity index (χ3n) is 5.06. The number of hydrogen-bond acceptors (Lipinski definition) is 2. The molecule has 0 aliphatic heterocycles. The van der Waals surface area contributed by atoms with E-state index in [1.807, 2.05) is 11.7 Å². The molecule has 1 aromatic heterocycles. The lowest BCUT2D eigenvalue weighted by molar-refractivity contribution is 0.250. The molecule has 3 rings (SSSR count). The number of nitrogens with one attached hydrogen (secondary N) is 1. The van der Waals surface area contributed by atoms with E-state index in [2.05, 4.69) is 24.4 Å². The van der Waals surface area contributed by atoms with Crippen LogP contribution in [-0.4, -0.2) is 23.4 Å². The standard InChI is InChI=1S/C15H24ClN3/c1-4-12-14(16)13(19(3)18-12)8-15(9-17-2)6-10-5-11(10)7-15/h10-11,17H,4-9H2,1-3H3. The fourth-order valence-electron chi connectivity index (χ4n) is 4.10. The van der Waals surface area contributed by atoms with Crippen LogP contribution >= 0.6 is 11.6 Å². The van der Waals surface area contributed by atoms with Gasteiger partial charge in [0.15, 0.2) is 0 Å².